The van der Waals surface area contributed by atoms with Crippen LogP contribution in [0.3, 0.4) is 0 Å². The average molecular weight is 340 g/mol. The van der Waals surface area contributed by atoms with E-state index in [-0.39, 0.29) is 24.7 Å². The predicted molar refractivity (Wildman–Crippen MR) is 95.5 cm³/mol. The van der Waals surface area contributed by atoms with Crippen LogP contribution in [0.15, 0.2) is 48.7 Å². The van der Waals surface area contributed by atoms with E-state index in [9.17, 15) is 9.90 Å². The Bertz CT molecular complexity index is 701. The first-order valence-corrected chi connectivity index (χ1v) is 8.74. The number of aromatic nitrogens is 1. The fourth-order valence-electron chi connectivity index (χ4n) is 2.99. The van der Waals surface area contributed by atoms with Crippen LogP contribution < -0.4 is 4.74 Å². The van der Waals surface area contributed by atoms with Gasteiger partial charge in [0, 0.05) is 31.5 Å². The van der Waals surface area contributed by atoms with Gasteiger partial charge in [-0.05, 0) is 37.3 Å². The molecule has 1 aromatic heterocycles. The summed E-state index contributed by atoms with van der Waals surface area (Å²) in [5.74, 6) is 0.394. The summed E-state index contributed by atoms with van der Waals surface area (Å²) in [5.41, 5.74) is 1.55. The molecule has 5 nitrogen and oxygen atoms in total. The van der Waals surface area contributed by atoms with Gasteiger partial charge in [-0.15, -0.1) is 0 Å². The summed E-state index contributed by atoms with van der Waals surface area (Å²) in [4.78, 5) is 18.8. The number of nitrogens with zero attached hydrogens (tertiary/aromatic N) is 2. The van der Waals surface area contributed by atoms with Crippen LogP contribution in [0.25, 0.3) is 0 Å². The fraction of sp³-hybridized carbons (Fsp3) is 0.400. The first-order valence-electron chi connectivity index (χ1n) is 8.74. The third-order valence-corrected chi connectivity index (χ3v) is 4.70. The van der Waals surface area contributed by atoms with Crippen molar-refractivity contribution in [1.82, 2.24) is 9.88 Å². The third kappa shape index (κ3) is 4.17. The van der Waals surface area contributed by atoms with E-state index in [1.54, 1.807) is 30.3 Å². The summed E-state index contributed by atoms with van der Waals surface area (Å²) in [5, 5.41) is 9.41. The molecule has 1 saturated carbocycles. The van der Waals surface area contributed by atoms with Gasteiger partial charge >= 0.3 is 0 Å². The zero-order valence-corrected chi connectivity index (χ0v) is 14.5. The van der Waals surface area contributed by atoms with Crippen molar-refractivity contribution in [2.75, 3.05) is 13.7 Å². The van der Waals surface area contributed by atoms with Gasteiger partial charge in [-0.2, -0.15) is 0 Å². The number of carbonyl (C=O) groups excluding carboxylic acids is 1. The summed E-state index contributed by atoms with van der Waals surface area (Å²) in [6.45, 7) is 0.0174. The van der Waals surface area contributed by atoms with Crippen molar-refractivity contribution in [3.05, 3.63) is 59.8 Å². The standard InChI is InChI=1S/C20H24N2O3/c1-22(18(11-13-23)15-6-3-2-4-7-15)20(24)16-10-12-21-19(14-16)25-17-8-5-9-17/h2-4,6-7,10,12,14,17-18,23H,5,8-9,11,13H2,1H3. The van der Waals surface area contributed by atoms with E-state index in [0.29, 0.717) is 17.9 Å². The molecule has 2 aromatic rings. The number of aliphatic hydroxyl groups is 1. The average Bonchev–Trinajstić information content (AvgIpc) is 2.62. The summed E-state index contributed by atoms with van der Waals surface area (Å²) >= 11 is 0. The first-order chi connectivity index (χ1) is 12.2. The second-order valence-corrected chi connectivity index (χ2v) is 6.41. The molecule has 0 saturated heterocycles. The van der Waals surface area contributed by atoms with E-state index in [2.05, 4.69) is 4.98 Å². The molecule has 1 heterocycles. The van der Waals surface area contributed by atoms with Crippen LogP contribution in [-0.2, 0) is 0 Å². The van der Waals surface area contributed by atoms with Gasteiger partial charge in [0.1, 0.15) is 6.10 Å². The van der Waals surface area contributed by atoms with Crippen molar-refractivity contribution >= 4 is 5.91 Å². The molecule has 1 atom stereocenters. The number of pyridine rings is 1. The van der Waals surface area contributed by atoms with E-state index in [0.717, 1.165) is 18.4 Å². The monoisotopic (exact) mass is 340 g/mol. The lowest BCUT2D eigenvalue weighted by Gasteiger charge is -2.29. The number of hydrogen-bond donors (Lipinski definition) is 1. The highest BCUT2D eigenvalue weighted by atomic mass is 16.5. The lowest BCUT2D eigenvalue weighted by Crippen LogP contribution is -2.32. The lowest BCUT2D eigenvalue weighted by molar-refractivity contribution is 0.0702. The Hall–Kier alpha value is -2.40. The Kier molecular flexibility index (Phi) is 5.66. The van der Waals surface area contributed by atoms with Crippen molar-refractivity contribution in [2.24, 2.45) is 0 Å². The minimum atomic E-state index is -0.178. The highest BCUT2D eigenvalue weighted by Gasteiger charge is 2.24. The summed E-state index contributed by atoms with van der Waals surface area (Å²) < 4.78 is 5.79. The maximum Gasteiger partial charge on any atom is 0.254 e. The quantitative estimate of drug-likeness (QED) is 0.841. The Morgan fingerprint density at radius 3 is 2.72 bits per heavy atom. The predicted octanol–water partition coefficient (Wildman–Crippen LogP) is 3.21. The van der Waals surface area contributed by atoms with E-state index in [4.69, 9.17) is 4.74 Å². The van der Waals surface area contributed by atoms with Gasteiger partial charge in [0.05, 0.1) is 6.04 Å². The van der Waals surface area contributed by atoms with Gasteiger partial charge < -0.3 is 14.7 Å². The number of carbonyl (C=O) groups is 1. The van der Waals surface area contributed by atoms with E-state index in [1.165, 1.54) is 6.42 Å². The molecule has 0 radical (unpaired) electrons. The second-order valence-electron chi connectivity index (χ2n) is 6.41. The fourth-order valence-corrected chi connectivity index (χ4v) is 2.99. The molecule has 25 heavy (non-hydrogen) atoms. The van der Waals surface area contributed by atoms with Crippen molar-refractivity contribution < 1.29 is 14.6 Å². The van der Waals surface area contributed by atoms with Gasteiger partial charge in [-0.3, -0.25) is 4.79 Å². The van der Waals surface area contributed by atoms with Crippen molar-refractivity contribution in [2.45, 2.75) is 37.8 Å². The SMILES string of the molecule is CN(C(=O)c1ccnc(OC2CCC2)c1)C(CCO)c1ccccc1. The molecule has 1 aliphatic rings. The van der Waals surface area contributed by atoms with Crippen LogP contribution in [0.5, 0.6) is 5.88 Å². The Morgan fingerprint density at radius 1 is 1.32 bits per heavy atom. The molecule has 1 fully saturated rings. The second kappa shape index (κ2) is 8.12. The van der Waals surface area contributed by atoms with E-state index < -0.39 is 0 Å². The Balaban J connectivity index is 1.76. The van der Waals surface area contributed by atoms with Gasteiger partial charge in [0.15, 0.2) is 0 Å². The van der Waals surface area contributed by atoms with Crippen molar-refractivity contribution in [3.63, 3.8) is 0 Å². The number of rotatable bonds is 7. The molecule has 0 bridgehead atoms. The van der Waals surface area contributed by atoms with Crippen LogP contribution in [0.1, 0.15) is 47.6 Å². The van der Waals surface area contributed by atoms with Gasteiger partial charge in [0.25, 0.3) is 5.91 Å². The topological polar surface area (TPSA) is 62.7 Å². The summed E-state index contributed by atoms with van der Waals surface area (Å²) in [6, 6.07) is 13.0. The van der Waals surface area contributed by atoms with Gasteiger partial charge in [-0.1, -0.05) is 30.3 Å². The number of hydrogen-bond acceptors (Lipinski definition) is 4. The van der Waals surface area contributed by atoms with Crippen molar-refractivity contribution in [3.8, 4) is 5.88 Å². The molecule has 3 rings (SSSR count). The number of ether oxygens (including phenoxy) is 1. The number of aliphatic hydroxyl groups excluding tert-OH is 1. The zero-order chi connectivity index (χ0) is 17.6. The lowest BCUT2D eigenvalue weighted by atomic mass is 9.96. The number of amides is 1. The molecule has 1 aromatic carbocycles. The summed E-state index contributed by atoms with van der Waals surface area (Å²) in [7, 11) is 1.77. The van der Waals surface area contributed by atoms with Crippen LogP contribution in [-0.4, -0.2) is 40.7 Å². The van der Waals surface area contributed by atoms with Crippen LogP contribution in [0.4, 0.5) is 0 Å². The minimum Gasteiger partial charge on any atom is -0.474 e. The van der Waals surface area contributed by atoms with Gasteiger partial charge in [0.2, 0.25) is 5.88 Å². The molecular formula is C20H24N2O3. The minimum absolute atomic E-state index is 0.0174. The maximum absolute atomic E-state index is 12.9. The smallest absolute Gasteiger partial charge is 0.254 e. The Morgan fingerprint density at radius 2 is 2.08 bits per heavy atom. The molecule has 0 spiro atoms. The highest BCUT2D eigenvalue weighted by molar-refractivity contribution is 5.94. The maximum atomic E-state index is 12.9. The molecule has 1 unspecified atom stereocenters. The molecule has 1 amide bonds. The summed E-state index contributed by atoms with van der Waals surface area (Å²) in [6.07, 6.45) is 5.61. The third-order valence-electron chi connectivity index (χ3n) is 4.70. The zero-order valence-electron chi connectivity index (χ0n) is 14.5. The molecule has 1 N–H and O–H groups in total. The normalized spacial score (nSPS) is 15.3. The molecule has 1 aliphatic carbocycles. The molecule has 0 aliphatic heterocycles. The molecular weight excluding hydrogens is 316 g/mol. The Labute approximate surface area is 148 Å². The molecule has 5 heteroatoms. The number of benzene rings is 1. The first kappa shape index (κ1) is 17.4. The molecule has 132 valence electrons. The van der Waals surface area contributed by atoms with Crippen molar-refractivity contribution in [1.29, 1.82) is 0 Å². The van der Waals surface area contributed by atoms with E-state index >= 15 is 0 Å². The van der Waals surface area contributed by atoms with Crippen LogP contribution >= 0.6 is 0 Å². The largest absolute Gasteiger partial charge is 0.474 e. The van der Waals surface area contributed by atoms with Crippen LogP contribution in [0, 0.1) is 0 Å². The van der Waals surface area contributed by atoms with Crippen LogP contribution in [0.2, 0.25) is 0 Å². The highest BCUT2D eigenvalue weighted by Crippen LogP contribution is 2.27. The van der Waals surface area contributed by atoms with Gasteiger partial charge in [-0.25, -0.2) is 4.98 Å². The van der Waals surface area contributed by atoms with E-state index in [1.807, 2.05) is 30.3 Å².